The number of imidazole rings is 1. The SMILES string of the molecule is CCC/C=N\Nc1nc(Cl)nc2nc[nH]c12. The van der Waals surface area contributed by atoms with Crippen LogP contribution in [0.3, 0.4) is 0 Å². The fraction of sp³-hybridized carbons (Fsp3) is 0.333. The van der Waals surface area contributed by atoms with E-state index >= 15 is 0 Å². The number of hydrogen-bond donors (Lipinski definition) is 2. The maximum atomic E-state index is 5.75. The first-order valence-corrected chi connectivity index (χ1v) is 5.33. The summed E-state index contributed by atoms with van der Waals surface area (Å²) < 4.78 is 0. The molecular weight excluding hydrogens is 228 g/mol. The van der Waals surface area contributed by atoms with Crippen LogP contribution in [0.1, 0.15) is 19.8 Å². The van der Waals surface area contributed by atoms with E-state index in [0.29, 0.717) is 17.0 Å². The lowest BCUT2D eigenvalue weighted by Crippen LogP contribution is -1.96. The van der Waals surface area contributed by atoms with Crippen LogP contribution in [-0.4, -0.2) is 26.2 Å². The number of aromatic nitrogens is 4. The molecule has 0 fully saturated rings. The smallest absolute Gasteiger partial charge is 0.226 e. The molecule has 0 aliphatic rings. The summed E-state index contributed by atoms with van der Waals surface area (Å²) in [5.74, 6) is 0.528. The fourth-order valence-electron chi connectivity index (χ4n) is 1.19. The van der Waals surface area contributed by atoms with Gasteiger partial charge in [-0.3, -0.25) is 5.43 Å². The van der Waals surface area contributed by atoms with Crippen molar-refractivity contribution in [2.75, 3.05) is 5.43 Å². The van der Waals surface area contributed by atoms with E-state index in [1.807, 2.05) is 0 Å². The maximum absolute atomic E-state index is 5.75. The highest BCUT2D eigenvalue weighted by atomic mass is 35.5. The lowest BCUT2D eigenvalue weighted by atomic mass is 10.4. The lowest BCUT2D eigenvalue weighted by Gasteiger charge is -2.00. The molecular formula is C9H11ClN6. The van der Waals surface area contributed by atoms with Crippen LogP contribution in [0.15, 0.2) is 11.4 Å². The summed E-state index contributed by atoms with van der Waals surface area (Å²) in [6.45, 7) is 2.08. The Morgan fingerprint density at radius 3 is 3.25 bits per heavy atom. The molecule has 16 heavy (non-hydrogen) atoms. The van der Waals surface area contributed by atoms with Gasteiger partial charge in [0.15, 0.2) is 11.5 Å². The number of anilines is 1. The van der Waals surface area contributed by atoms with E-state index in [0.717, 1.165) is 12.8 Å². The summed E-state index contributed by atoms with van der Waals surface area (Å²) in [4.78, 5) is 14.9. The molecule has 6 nitrogen and oxygen atoms in total. The monoisotopic (exact) mass is 238 g/mol. The Morgan fingerprint density at radius 2 is 2.44 bits per heavy atom. The van der Waals surface area contributed by atoms with Crippen LogP contribution in [0.5, 0.6) is 0 Å². The van der Waals surface area contributed by atoms with Crippen LogP contribution in [0, 0.1) is 0 Å². The van der Waals surface area contributed by atoms with Crippen molar-refractivity contribution in [3.8, 4) is 0 Å². The van der Waals surface area contributed by atoms with E-state index in [-0.39, 0.29) is 5.28 Å². The van der Waals surface area contributed by atoms with Gasteiger partial charge in [0.2, 0.25) is 5.28 Å². The molecule has 0 bridgehead atoms. The fourth-order valence-corrected chi connectivity index (χ4v) is 1.35. The lowest BCUT2D eigenvalue weighted by molar-refractivity contribution is 1.00. The highest BCUT2D eigenvalue weighted by Gasteiger charge is 2.07. The largest absolute Gasteiger partial charge is 0.340 e. The second-order valence-corrected chi connectivity index (χ2v) is 3.49. The van der Waals surface area contributed by atoms with E-state index < -0.39 is 0 Å². The van der Waals surface area contributed by atoms with Gasteiger partial charge in [0.05, 0.1) is 6.33 Å². The molecule has 7 heteroatoms. The van der Waals surface area contributed by atoms with Crippen molar-refractivity contribution in [2.45, 2.75) is 19.8 Å². The first-order chi connectivity index (χ1) is 7.81. The first kappa shape index (κ1) is 10.8. The number of hydrazone groups is 1. The Labute approximate surface area is 97.2 Å². The summed E-state index contributed by atoms with van der Waals surface area (Å²) in [5.41, 5.74) is 4.03. The molecule has 0 aromatic carbocycles. The number of halogens is 1. The van der Waals surface area contributed by atoms with Crippen LogP contribution in [-0.2, 0) is 0 Å². The zero-order valence-corrected chi connectivity index (χ0v) is 9.49. The molecule has 0 atom stereocenters. The second kappa shape index (κ2) is 4.89. The Hall–Kier alpha value is -1.69. The van der Waals surface area contributed by atoms with Crippen LogP contribution in [0.4, 0.5) is 5.82 Å². The average Bonchev–Trinajstić information content (AvgIpc) is 2.72. The molecule has 2 aromatic heterocycles. The van der Waals surface area contributed by atoms with Gasteiger partial charge in [-0.2, -0.15) is 15.1 Å². The van der Waals surface area contributed by atoms with E-state index in [2.05, 4.69) is 37.4 Å². The molecule has 2 N–H and O–H groups in total. The van der Waals surface area contributed by atoms with Crippen LogP contribution in [0.25, 0.3) is 11.2 Å². The minimum absolute atomic E-state index is 0.146. The van der Waals surface area contributed by atoms with E-state index in [1.165, 1.54) is 6.33 Å². The highest BCUT2D eigenvalue weighted by Crippen LogP contribution is 2.18. The standard InChI is InChI=1S/C9H11ClN6/c1-2-3-4-13-16-8-6-7(12-5-11-6)14-9(10)15-8/h4-5H,2-3H2,1H3,(H2,11,12,14,15,16)/b13-4-. The third-order valence-electron chi connectivity index (χ3n) is 1.94. The quantitative estimate of drug-likeness (QED) is 0.486. The van der Waals surface area contributed by atoms with Crippen molar-refractivity contribution >= 4 is 34.8 Å². The molecule has 0 saturated heterocycles. The van der Waals surface area contributed by atoms with Gasteiger partial charge in [-0.05, 0) is 18.0 Å². The topological polar surface area (TPSA) is 78.8 Å². The van der Waals surface area contributed by atoms with Crippen LogP contribution in [0.2, 0.25) is 5.28 Å². The molecule has 0 saturated carbocycles. The number of nitrogens with one attached hydrogen (secondary N) is 2. The summed E-state index contributed by atoms with van der Waals surface area (Å²) in [6, 6.07) is 0. The zero-order chi connectivity index (χ0) is 11.4. The average molecular weight is 239 g/mol. The van der Waals surface area contributed by atoms with Gasteiger partial charge in [-0.1, -0.05) is 13.3 Å². The van der Waals surface area contributed by atoms with Gasteiger partial charge in [0.1, 0.15) is 5.52 Å². The number of H-pyrrole nitrogens is 1. The highest BCUT2D eigenvalue weighted by molar-refractivity contribution is 6.28. The van der Waals surface area contributed by atoms with Crippen molar-refractivity contribution in [2.24, 2.45) is 5.10 Å². The minimum Gasteiger partial charge on any atom is -0.340 e. The Balaban J connectivity index is 2.25. The molecule has 2 rings (SSSR count). The Kier molecular flexibility index (Phi) is 3.31. The van der Waals surface area contributed by atoms with E-state index in [4.69, 9.17) is 11.6 Å². The van der Waals surface area contributed by atoms with Crippen LogP contribution < -0.4 is 5.43 Å². The van der Waals surface area contributed by atoms with Gasteiger partial charge in [-0.25, -0.2) is 4.98 Å². The number of hydrogen-bond acceptors (Lipinski definition) is 5. The molecule has 0 radical (unpaired) electrons. The minimum atomic E-state index is 0.146. The van der Waals surface area contributed by atoms with Crippen LogP contribution >= 0.6 is 11.6 Å². The maximum Gasteiger partial charge on any atom is 0.226 e. The zero-order valence-electron chi connectivity index (χ0n) is 8.74. The number of unbranched alkanes of at least 4 members (excludes halogenated alkanes) is 1. The van der Waals surface area contributed by atoms with Gasteiger partial charge < -0.3 is 4.98 Å². The van der Waals surface area contributed by atoms with Crippen molar-refractivity contribution in [1.29, 1.82) is 0 Å². The van der Waals surface area contributed by atoms with Crippen molar-refractivity contribution < 1.29 is 0 Å². The molecule has 0 spiro atoms. The van der Waals surface area contributed by atoms with Gasteiger partial charge in [0, 0.05) is 6.21 Å². The normalized spacial score (nSPS) is 11.4. The third-order valence-corrected chi connectivity index (χ3v) is 2.11. The molecule has 2 heterocycles. The van der Waals surface area contributed by atoms with Crippen molar-refractivity contribution in [3.63, 3.8) is 0 Å². The molecule has 0 amide bonds. The van der Waals surface area contributed by atoms with E-state index in [9.17, 15) is 0 Å². The van der Waals surface area contributed by atoms with Crippen molar-refractivity contribution in [1.82, 2.24) is 19.9 Å². The van der Waals surface area contributed by atoms with Gasteiger partial charge in [-0.15, -0.1) is 0 Å². The number of fused-ring (bicyclic) bond motifs is 1. The first-order valence-electron chi connectivity index (χ1n) is 4.95. The Morgan fingerprint density at radius 1 is 1.56 bits per heavy atom. The summed E-state index contributed by atoms with van der Waals surface area (Å²) >= 11 is 5.75. The summed E-state index contributed by atoms with van der Waals surface area (Å²) in [7, 11) is 0. The summed E-state index contributed by atoms with van der Waals surface area (Å²) in [6.07, 6.45) is 5.29. The predicted molar refractivity (Wildman–Crippen MR) is 63.7 cm³/mol. The molecule has 2 aromatic rings. The Bertz CT molecular complexity index is 506. The number of aromatic amines is 1. The molecule has 0 aliphatic heterocycles. The molecule has 0 aliphatic carbocycles. The summed E-state index contributed by atoms with van der Waals surface area (Å²) in [5, 5.41) is 4.18. The van der Waals surface area contributed by atoms with Gasteiger partial charge >= 0.3 is 0 Å². The van der Waals surface area contributed by atoms with E-state index in [1.54, 1.807) is 6.21 Å². The molecule has 0 unspecified atom stereocenters. The number of rotatable bonds is 4. The number of nitrogens with zero attached hydrogens (tertiary/aromatic N) is 4. The predicted octanol–water partition coefficient (Wildman–Crippen LogP) is 2.20. The molecule has 84 valence electrons. The van der Waals surface area contributed by atoms with Crippen molar-refractivity contribution in [3.05, 3.63) is 11.6 Å². The third kappa shape index (κ3) is 2.27. The van der Waals surface area contributed by atoms with Gasteiger partial charge in [0.25, 0.3) is 0 Å². The second-order valence-electron chi connectivity index (χ2n) is 3.15.